The van der Waals surface area contributed by atoms with Crippen molar-refractivity contribution < 1.29 is 24.4 Å². The number of benzene rings is 1. The maximum absolute atomic E-state index is 12.6. The van der Waals surface area contributed by atoms with Crippen LogP contribution >= 0.6 is 0 Å². The zero-order valence-corrected chi connectivity index (χ0v) is 14.4. The third-order valence-corrected chi connectivity index (χ3v) is 4.91. The second kappa shape index (κ2) is 7.17. The molecule has 3 rings (SSSR count). The minimum atomic E-state index is -0.977. The van der Waals surface area contributed by atoms with Gasteiger partial charge in [-0.05, 0) is 36.6 Å². The van der Waals surface area contributed by atoms with Crippen molar-refractivity contribution >= 4 is 17.6 Å². The second-order valence-corrected chi connectivity index (χ2v) is 6.57. The Bertz CT molecular complexity index is 855. The Balaban J connectivity index is 1.71. The lowest BCUT2D eigenvalue weighted by atomic mass is 9.84. The van der Waals surface area contributed by atoms with E-state index in [-0.39, 0.29) is 24.2 Å². The molecule has 0 aliphatic carbocycles. The van der Waals surface area contributed by atoms with Crippen LogP contribution in [0.25, 0.3) is 0 Å². The number of nitro benzene ring substituents is 1. The van der Waals surface area contributed by atoms with Gasteiger partial charge in [0.15, 0.2) is 6.04 Å². The zero-order valence-electron chi connectivity index (χ0n) is 14.4. The number of fused-ring (bicyclic) bond motifs is 1. The molecule has 0 spiro atoms. The standard InChI is InChI=1S/C18H17N3O6/c1-10(22)15-14-8-12(6-7-19)16(20(14)17(15)23)18(24)27-9-11-2-4-13(5-3-11)21(25)26/h2-6,10,14-16,22H,8-9H2,1H3/b12-6+/t10-,14-,15-,16-/m1/s1. The molecule has 27 heavy (non-hydrogen) atoms. The highest BCUT2D eigenvalue weighted by molar-refractivity contribution is 5.95. The number of carbonyl (C=O) groups is 2. The van der Waals surface area contributed by atoms with E-state index >= 15 is 0 Å². The Morgan fingerprint density at radius 3 is 2.74 bits per heavy atom. The largest absolute Gasteiger partial charge is 0.459 e. The second-order valence-electron chi connectivity index (χ2n) is 6.57. The van der Waals surface area contributed by atoms with Crippen molar-refractivity contribution in [3.05, 3.63) is 51.6 Å². The van der Waals surface area contributed by atoms with Gasteiger partial charge in [-0.1, -0.05) is 0 Å². The van der Waals surface area contributed by atoms with Gasteiger partial charge >= 0.3 is 5.97 Å². The van der Waals surface area contributed by atoms with E-state index in [1.165, 1.54) is 42.2 Å². The molecule has 1 amide bonds. The zero-order chi connectivity index (χ0) is 19.7. The van der Waals surface area contributed by atoms with Gasteiger partial charge in [-0.3, -0.25) is 14.9 Å². The molecule has 1 aromatic rings. The summed E-state index contributed by atoms with van der Waals surface area (Å²) in [6.07, 6.45) is 0.742. The van der Waals surface area contributed by atoms with Crippen molar-refractivity contribution in [2.45, 2.75) is 38.1 Å². The van der Waals surface area contributed by atoms with Crippen LogP contribution in [-0.2, 0) is 20.9 Å². The molecule has 0 bridgehead atoms. The van der Waals surface area contributed by atoms with E-state index in [0.29, 0.717) is 17.6 Å². The normalized spacial score (nSPS) is 26.1. The third-order valence-electron chi connectivity index (χ3n) is 4.91. The molecule has 2 heterocycles. The van der Waals surface area contributed by atoms with Gasteiger partial charge in [0.1, 0.15) is 6.61 Å². The first-order chi connectivity index (χ1) is 12.8. The van der Waals surface area contributed by atoms with Gasteiger partial charge in [-0.15, -0.1) is 0 Å². The number of amides is 1. The van der Waals surface area contributed by atoms with Crippen LogP contribution in [0.5, 0.6) is 0 Å². The maximum Gasteiger partial charge on any atom is 0.333 e. The predicted octanol–water partition coefficient (Wildman–Crippen LogP) is 1.07. The molecule has 0 aromatic heterocycles. The quantitative estimate of drug-likeness (QED) is 0.269. The van der Waals surface area contributed by atoms with Gasteiger partial charge in [0.2, 0.25) is 5.91 Å². The molecule has 0 radical (unpaired) electrons. The number of aliphatic hydroxyl groups excluding tert-OH is 1. The summed E-state index contributed by atoms with van der Waals surface area (Å²) in [5.74, 6) is -1.59. The van der Waals surface area contributed by atoms with Crippen molar-refractivity contribution in [3.8, 4) is 6.07 Å². The molecule has 2 fully saturated rings. The summed E-state index contributed by atoms with van der Waals surface area (Å²) in [4.78, 5) is 36.4. The van der Waals surface area contributed by atoms with Crippen LogP contribution in [0, 0.1) is 27.4 Å². The highest BCUT2D eigenvalue weighted by atomic mass is 16.6. The summed E-state index contributed by atoms with van der Waals surface area (Å²) in [5, 5.41) is 29.4. The minimum Gasteiger partial charge on any atom is -0.459 e. The number of nitrogens with zero attached hydrogens (tertiary/aromatic N) is 3. The summed E-state index contributed by atoms with van der Waals surface area (Å²) < 4.78 is 5.27. The molecule has 9 heteroatoms. The topological polar surface area (TPSA) is 134 Å². The number of ether oxygens (including phenoxy) is 1. The number of allylic oxidation sites excluding steroid dienone is 1. The monoisotopic (exact) mass is 371 g/mol. The van der Waals surface area contributed by atoms with E-state index in [0.717, 1.165) is 0 Å². The molecule has 1 N–H and O–H groups in total. The van der Waals surface area contributed by atoms with Crippen molar-refractivity contribution in [1.82, 2.24) is 4.90 Å². The Labute approximate surface area is 154 Å². The number of esters is 1. The fourth-order valence-electron chi connectivity index (χ4n) is 3.63. The first kappa shape index (κ1) is 18.5. The van der Waals surface area contributed by atoms with Gasteiger partial charge in [0.05, 0.1) is 29.1 Å². The minimum absolute atomic E-state index is 0.0710. The van der Waals surface area contributed by atoms with Crippen molar-refractivity contribution in [1.29, 1.82) is 5.26 Å². The van der Waals surface area contributed by atoms with E-state index in [4.69, 9.17) is 10.00 Å². The first-order valence-electron chi connectivity index (χ1n) is 8.34. The molecular weight excluding hydrogens is 354 g/mol. The summed E-state index contributed by atoms with van der Waals surface area (Å²) >= 11 is 0. The van der Waals surface area contributed by atoms with Crippen molar-refractivity contribution in [3.63, 3.8) is 0 Å². The Morgan fingerprint density at radius 1 is 1.52 bits per heavy atom. The molecule has 2 saturated heterocycles. The van der Waals surface area contributed by atoms with Crippen LogP contribution in [-0.4, -0.2) is 45.0 Å². The smallest absolute Gasteiger partial charge is 0.333 e. The number of nitriles is 1. The SMILES string of the molecule is C[C@@H](O)[C@H]1C(=O)N2[C@@H]1C/C(=C\C#N)[C@@H]2C(=O)OCc1ccc([N+](=O)[O-])cc1. The Morgan fingerprint density at radius 2 is 2.19 bits per heavy atom. The Kier molecular flexibility index (Phi) is 4.92. The lowest BCUT2D eigenvalue weighted by molar-refractivity contribution is -0.384. The van der Waals surface area contributed by atoms with Crippen LogP contribution in [0.15, 0.2) is 35.9 Å². The Hall–Kier alpha value is -3.25. The average Bonchev–Trinajstić information content (AvgIpc) is 2.94. The fourth-order valence-corrected chi connectivity index (χ4v) is 3.63. The number of non-ortho nitro benzene ring substituents is 1. The van der Waals surface area contributed by atoms with Gasteiger partial charge in [-0.2, -0.15) is 5.26 Å². The highest BCUT2D eigenvalue weighted by Gasteiger charge is 2.59. The summed E-state index contributed by atoms with van der Waals surface area (Å²) in [5.41, 5.74) is 0.970. The van der Waals surface area contributed by atoms with Gasteiger partial charge < -0.3 is 14.7 Å². The van der Waals surface area contributed by atoms with Gasteiger partial charge in [-0.25, -0.2) is 4.79 Å². The molecular formula is C18H17N3O6. The lowest BCUT2D eigenvalue weighted by Gasteiger charge is -2.45. The van der Waals surface area contributed by atoms with Crippen molar-refractivity contribution in [2.24, 2.45) is 5.92 Å². The molecule has 140 valence electrons. The van der Waals surface area contributed by atoms with Crippen LogP contribution in [0.1, 0.15) is 18.9 Å². The molecule has 0 saturated carbocycles. The number of β-lactam (4-membered cyclic amide) rings is 1. The number of carbonyl (C=O) groups excluding carboxylic acids is 2. The molecule has 0 unspecified atom stereocenters. The van der Waals surface area contributed by atoms with Crippen LogP contribution in [0.2, 0.25) is 0 Å². The van der Waals surface area contributed by atoms with E-state index in [1.54, 1.807) is 0 Å². The fraction of sp³-hybridized carbons (Fsp3) is 0.389. The number of hydrogen-bond acceptors (Lipinski definition) is 7. The van der Waals surface area contributed by atoms with E-state index in [1.807, 2.05) is 6.07 Å². The molecule has 9 nitrogen and oxygen atoms in total. The highest BCUT2D eigenvalue weighted by Crippen LogP contribution is 2.44. The van der Waals surface area contributed by atoms with E-state index in [2.05, 4.69) is 0 Å². The first-order valence-corrected chi connectivity index (χ1v) is 8.34. The maximum atomic E-state index is 12.6. The van der Waals surface area contributed by atoms with Crippen LogP contribution in [0.4, 0.5) is 5.69 Å². The summed E-state index contributed by atoms with van der Waals surface area (Å²) in [6, 6.07) is 6.15. The lowest BCUT2D eigenvalue weighted by Crippen LogP contribution is -2.64. The molecule has 2 aliphatic rings. The van der Waals surface area contributed by atoms with Gasteiger partial charge in [0.25, 0.3) is 5.69 Å². The summed E-state index contributed by atoms with van der Waals surface area (Å²) in [6.45, 7) is 1.41. The summed E-state index contributed by atoms with van der Waals surface area (Å²) in [7, 11) is 0. The number of aliphatic hydroxyl groups is 1. The number of nitro groups is 1. The average molecular weight is 371 g/mol. The molecule has 1 aromatic carbocycles. The van der Waals surface area contributed by atoms with E-state index < -0.39 is 29.0 Å². The number of hydrogen-bond donors (Lipinski definition) is 1. The third kappa shape index (κ3) is 3.27. The van der Waals surface area contributed by atoms with Gasteiger partial charge in [0, 0.05) is 18.2 Å². The number of rotatable bonds is 5. The van der Waals surface area contributed by atoms with Crippen molar-refractivity contribution in [2.75, 3.05) is 0 Å². The van der Waals surface area contributed by atoms with Crippen LogP contribution < -0.4 is 0 Å². The molecule has 4 atom stereocenters. The van der Waals surface area contributed by atoms with E-state index in [9.17, 15) is 24.8 Å². The molecule has 2 aliphatic heterocycles. The van der Waals surface area contributed by atoms with Crippen LogP contribution in [0.3, 0.4) is 0 Å². The predicted molar refractivity (Wildman–Crippen MR) is 90.8 cm³/mol.